The summed E-state index contributed by atoms with van der Waals surface area (Å²) < 4.78 is 16.2. The third-order valence-electron chi connectivity index (χ3n) is 2.63. The molecule has 0 aliphatic rings. The van der Waals surface area contributed by atoms with Crippen LogP contribution in [-0.4, -0.2) is 28.3 Å². The maximum atomic E-state index is 11.0. The van der Waals surface area contributed by atoms with Gasteiger partial charge < -0.3 is 19.1 Å². The zero-order valence-electron chi connectivity index (χ0n) is 11.4. The van der Waals surface area contributed by atoms with Crippen LogP contribution in [0.4, 0.5) is 0 Å². The second-order valence-electron chi connectivity index (χ2n) is 4.04. The Hall–Kier alpha value is -2.09. The smallest absolute Gasteiger partial charge is 0.335 e. The van der Waals surface area contributed by atoms with Crippen molar-refractivity contribution in [2.75, 3.05) is 7.11 Å². The van der Waals surface area contributed by atoms with Crippen molar-refractivity contribution in [3.63, 3.8) is 0 Å². The zero-order chi connectivity index (χ0) is 15.4. The lowest BCUT2D eigenvalue weighted by Gasteiger charge is -2.12. The number of halogens is 1. The lowest BCUT2D eigenvalue weighted by molar-refractivity contribution is 0.0696. The summed E-state index contributed by atoms with van der Waals surface area (Å²) in [6, 6.07) is 2.82. The quantitative estimate of drug-likeness (QED) is 0.849. The lowest BCUT2D eigenvalue weighted by Crippen LogP contribution is -2.03. The SMILES string of the molecule is CCc1nc(COc2c(Br)cc(C(=O)O)cc2OC)no1. The Bertz CT molecular complexity index is 656. The number of carbonyl (C=O) groups is 1. The van der Waals surface area contributed by atoms with E-state index in [4.69, 9.17) is 19.1 Å². The molecule has 0 saturated heterocycles. The van der Waals surface area contributed by atoms with Crippen molar-refractivity contribution < 1.29 is 23.9 Å². The summed E-state index contributed by atoms with van der Waals surface area (Å²) in [5.74, 6) is 0.571. The first-order chi connectivity index (χ1) is 10.0. The molecule has 0 aliphatic heterocycles. The van der Waals surface area contributed by atoms with Crippen LogP contribution in [0.25, 0.3) is 0 Å². The highest BCUT2D eigenvalue weighted by Crippen LogP contribution is 2.37. The van der Waals surface area contributed by atoms with Gasteiger partial charge in [0.2, 0.25) is 11.7 Å². The molecule has 0 radical (unpaired) electrons. The molecule has 0 amide bonds. The van der Waals surface area contributed by atoms with Crippen LogP contribution in [0.2, 0.25) is 0 Å². The molecule has 0 saturated carbocycles. The molecule has 0 bridgehead atoms. The molecule has 8 heteroatoms. The monoisotopic (exact) mass is 356 g/mol. The number of aromatic carboxylic acids is 1. The van der Waals surface area contributed by atoms with E-state index in [9.17, 15) is 4.79 Å². The molecular weight excluding hydrogens is 344 g/mol. The van der Waals surface area contributed by atoms with Crippen LogP contribution in [0, 0.1) is 0 Å². The fraction of sp³-hybridized carbons (Fsp3) is 0.308. The average molecular weight is 357 g/mol. The van der Waals surface area contributed by atoms with E-state index < -0.39 is 5.97 Å². The van der Waals surface area contributed by atoms with Gasteiger partial charge in [0.1, 0.15) is 0 Å². The molecule has 0 atom stereocenters. The second-order valence-corrected chi connectivity index (χ2v) is 4.90. The summed E-state index contributed by atoms with van der Waals surface area (Å²) in [5, 5.41) is 12.8. The van der Waals surface area contributed by atoms with Crippen molar-refractivity contribution in [1.82, 2.24) is 10.1 Å². The van der Waals surface area contributed by atoms with Crippen LogP contribution in [-0.2, 0) is 13.0 Å². The summed E-state index contributed by atoms with van der Waals surface area (Å²) in [4.78, 5) is 15.1. The average Bonchev–Trinajstić information content (AvgIpc) is 2.93. The predicted octanol–water partition coefficient (Wildman–Crippen LogP) is 2.68. The summed E-state index contributed by atoms with van der Waals surface area (Å²) in [5.41, 5.74) is 0.0962. The standard InChI is InChI=1S/C13H13BrN2O5/c1-3-11-15-10(16-21-11)6-20-12-8(14)4-7(13(17)18)5-9(12)19-2/h4-5H,3,6H2,1-2H3,(H,17,18). The number of hydrogen-bond acceptors (Lipinski definition) is 6. The minimum Gasteiger partial charge on any atom is -0.493 e. The summed E-state index contributed by atoms with van der Waals surface area (Å²) >= 11 is 3.27. The van der Waals surface area contributed by atoms with E-state index in [0.29, 0.717) is 34.1 Å². The first-order valence-corrected chi connectivity index (χ1v) is 6.89. The minimum atomic E-state index is -1.05. The van der Waals surface area contributed by atoms with Gasteiger partial charge in [-0.25, -0.2) is 4.79 Å². The zero-order valence-corrected chi connectivity index (χ0v) is 13.0. The van der Waals surface area contributed by atoms with Gasteiger partial charge >= 0.3 is 5.97 Å². The number of carboxylic acid groups (broad SMARTS) is 1. The predicted molar refractivity (Wildman–Crippen MR) is 75.7 cm³/mol. The van der Waals surface area contributed by atoms with Gasteiger partial charge in [0.15, 0.2) is 18.1 Å². The van der Waals surface area contributed by atoms with Crippen molar-refractivity contribution in [1.29, 1.82) is 0 Å². The Morgan fingerprint density at radius 1 is 1.48 bits per heavy atom. The van der Waals surface area contributed by atoms with Crippen molar-refractivity contribution >= 4 is 21.9 Å². The summed E-state index contributed by atoms with van der Waals surface area (Å²) in [7, 11) is 1.43. The van der Waals surface area contributed by atoms with Crippen molar-refractivity contribution in [3.8, 4) is 11.5 Å². The lowest BCUT2D eigenvalue weighted by atomic mass is 10.2. The molecule has 1 N–H and O–H groups in total. The first-order valence-electron chi connectivity index (χ1n) is 6.10. The fourth-order valence-corrected chi connectivity index (χ4v) is 2.17. The number of rotatable bonds is 6. The van der Waals surface area contributed by atoms with E-state index in [2.05, 4.69) is 26.1 Å². The minimum absolute atomic E-state index is 0.0882. The van der Waals surface area contributed by atoms with E-state index in [0.717, 1.165) is 0 Å². The normalized spacial score (nSPS) is 10.4. The van der Waals surface area contributed by atoms with Crippen LogP contribution in [0.3, 0.4) is 0 Å². The Labute approximate surface area is 129 Å². The van der Waals surface area contributed by atoms with E-state index in [1.807, 2.05) is 6.92 Å². The highest BCUT2D eigenvalue weighted by atomic mass is 79.9. The van der Waals surface area contributed by atoms with Gasteiger partial charge in [-0.2, -0.15) is 4.98 Å². The maximum Gasteiger partial charge on any atom is 0.335 e. The van der Waals surface area contributed by atoms with E-state index in [-0.39, 0.29) is 12.2 Å². The molecule has 112 valence electrons. The van der Waals surface area contributed by atoms with Crippen molar-refractivity contribution in [2.24, 2.45) is 0 Å². The first kappa shape index (κ1) is 15.3. The van der Waals surface area contributed by atoms with Gasteiger partial charge in [0, 0.05) is 6.42 Å². The molecule has 0 spiro atoms. The van der Waals surface area contributed by atoms with Crippen LogP contribution in [0.5, 0.6) is 11.5 Å². The topological polar surface area (TPSA) is 94.7 Å². The molecule has 2 aromatic rings. The molecule has 1 aromatic heterocycles. The largest absolute Gasteiger partial charge is 0.493 e. The fourth-order valence-electron chi connectivity index (χ4n) is 1.61. The molecule has 0 fully saturated rings. The number of ether oxygens (including phenoxy) is 2. The Kier molecular flexibility index (Phi) is 4.79. The number of benzene rings is 1. The molecule has 1 aromatic carbocycles. The van der Waals surface area contributed by atoms with Gasteiger partial charge in [0.25, 0.3) is 0 Å². The third kappa shape index (κ3) is 3.52. The highest BCUT2D eigenvalue weighted by molar-refractivity contribution is 9.10. The number of hydrogen-bond donors (Lipinski definition) is 1. The van der Waals surface area contributed by atoms with Crippen molar-refractivity contribution in [3.05, 3.63) is 33.9 Å². The van der Waals surface area contributed by atoms with Crippen LogP contribution in [0.15, 0.2) is 21.1 Å². The number of nitrogens with zero attached hydrogens (tertiary/aromatic N) is 2. The third-order valence-corrected chi connectivity index (χ3v) is 3.22. The number of methoxy groups -OCH3 is 1. The number of carboxylic acids is 1. The molecule has 1 heterocycles. The van der Waals surface area contributed by atoms with Gasteiger partial charge in [-0.1, -0.05) is 12.1 Å². The second kappa shape index (κ2) is 6.57. The van der Waals surface area contributed by atoms with Crippen LogP contribution < -0.4 is 9.47 Å². The molecule has 7 nitrogen and oxygen atoms in total. The summed E-state index contributed by atoms with van der Waals surface area (Å²) in [6.45, 7) is 1.99. The summed E-state index contributed by atoms with van der Waals surface area (Å²) in [6.07, 6.45) is 0.646. The molecule has 0 unspecified atom stereocenters. The van der Waals surface area contributed by atoms with Crippen molar-refractivity contribution in [2.45, 2.75) is 20.0 Å². The van der Waals surface area contributed by atoms with E-state index in [1.54, 1.807) is 0 Å². The van der Waals surface area contributed by atoms with Crippen LogP contribution in [0.1, 0.15) is 29.0 Å². The van der Waals surface area contributed by atoms with Gasteiger partial charge in [-0.15, -0.1) is 0 Å². The molecule has 0 aliphatic carbocycles. The van der Waals surface area contributed by atoms with Crippen LogP contribution >= 0.6 is 15.9 Å². The van der Waals surface area contributed by atoms with Gasteiger partial charge in [-0.05, 0) is 28.1 Å². The van der Waals surface area contributed by atoms with Gasteiger partial charge in [-0.3, -0.25) is 0 Å². The highest BCUT2D eigenvalue weighted by Gasteiger charge is 2.16. The molecule has 21 heavy (non-hydrogen) atoms. The Balaban J connectivity index is 2.20. The Morgan fingerprint density at radius 2 is 2.24 bits per heavy atom. The van der Waals surface area contributed by atoms with Gasteiger partial charge in [0.05, 0.1) is 17.1 Å². The molecular formula is C13H13BrN2O5. The number of aryl methyl sites for hydroxylation is 1. The molecule has 2 rings (SSSR count). The Morgan fingerprint density at radius 3 is 2.81 bits per heavy atom. The number of aromatic nitrogens is 2. The maximum absolute atomic E-state index is 11.0. The van der Waals surface area contributed by atoms with E-state index >= 15 is 0 Å². The van der Waals surface area contributed by atoms with E-state index in [1.165, 1.54) is 19.2 Å².